The number of alkyl carbamates (subject to hydrolysis) is 1. The Labute approximate surface area is 374 Å². The maximum absolute atomic E-state index is 13.7. The third kappa shape index (κ3) is 11.3. The number of likely N-dealkylation sites (tertiary alicyclic amines) is 2. The number of carbonyl (C=O) groups is 3. The molecule has 0 radical (unpaired) electrons. The topological polar surface area (TPSA) is 167 Å². The Kier molecular flexibility index (Phi) is 19.3. The Hall–Kier alpha value is -4.28. The van der Waals surface area contributed by atoms with Gasteiger partial charge in [0.05, 0.1) is 48.7 Å². The summed E-state index contributed by atoms with van der Waals surface area (Å²) in [5, 5.41) is 2.71. The van der Waals surface area contributed by atoms with Crippen LogP contribution < -0.4 is 5.32 Å². The van der Waals surface area contributed by atoms with E-state index in [1.54, 1.807) is 6.20 Å². The van der Waals surface area contributed by atoms with Crippen molar-refractivity contribution in [1.29, 1.82) is 0 Å². The summed E-state index contributed by atoms with van der Waals surface area (Å²) in [6.45, 7) is 10.9. The number of aromatic amines is 2. The number of hydrogen-bond acceptors (Lipinski definition) is 9. The third-order valence-electron chi connectivity index (χ3n) is 10.5. The molecule has 2 aromatic carbocycles. The molecular formula is C41H58N8O6S4. The summed E-state index contributed by atoms with van der Waals surface area (Å²) in [5.74, 6) is 7.63. The van der Waals surface area contributed by atoms with Crippen LogP contribution in [-0.2, 0) is 29.6 Å². The van der Waals surface area contributed by atoms with Crippen LogP contribution in [0.3, 0.4) is 0 Å². The van der Waals surface area contributed by atoms with Crippen molar-refractivity contribution in [3.05, 3.63) is 71.4 Å². The number of nitrogens with one attached hydrogen (secondary N) is 3. The highest BCUT2D eigenvalue weighted by molar-refractivity contribution is 7.59. The zero-order chi connectivity index (χ0) is 39.3. The van der Waals surface area contributed by atoms with E-state index in [4.69, 9.17) is 14.6 Å². The van der Waals surface area contributed by atoms with Gasteiger partial charge in [-0.05, 0) is 80.3 Å². The molecular weight excluding hydrogens is 829 g/mol. The Morgan fingerprint density at radius 3 is 2.29 bits per heavy atom. The summed E-state index contributed by atoms with van der Waals surface area (Å²) < 4.78 is 4.78. The van der Waals surface area contributed by atoms with Crippen LogP contribution in [0, 0.1) is 23.7 Å². The molecule has 4 atom stereocenters. The van der Waals surface area contributed by atoms with Crippen LogP contribution in [0.15, 0.2) is 53.7 Å². The largest absolute Gasteiger partial charge is 0.453 e. The molecule has 0 unspecified atom stereocenters. The molecule has 6 rings (SSSR count). The number of benzene rings is 2. The number of methoxy groups -OCH3 is 1. The van der Waals surface area contributed by atoms with Gasteiger partial charge in [0.1, 0.15) is 23.7 Å². The molecule has 0 spiro atoms. The van der Waals surface area contributed by atoms with E-state index in [-0.39, 0.29) is 83.7 Å². The highest BCUT2D eigenvalue weighted by Gasteiger charge is 2.46. The van der Waals surface area contributed by atoms with Gasteiger partial charge in [-0.2, -0.15) is 58.9 Å². The normalized spacial score (nSPS) is 18.2. The fourth-order valence-corrected chi connectivity index (χ4v) is 7.44. The van der Waals surface area contributed by atoms with Gasteiger partial charge in [0.2, 0.25) is 18.2 Å². The van der Waals surface area contributed by atoms with E-state index < -0.39 is 23.7 Å². The standard InChI is InChI=1S/C41H50N8O6.4H2S/c1-25(2)34(43-24-55-54-7)37(50)48-20-8-10-33(48)36-42-23-32(44-36)29-16-13-27(14-17-29)11-12-28-15-18-30-31(22-28)46-39(45-30)41(5)19-9-21-49(41)38(51)35(26(3)4)47-40(52)53-6;;;;/h13-18,22-26,33-35H,8-10,19-21H2,1-7H3,(H,42,44)(H,45,46)(H,47,52);4*1H2/t33-,34-,35-,41-;;;;/m0..../s1. The first-order chi connectivity index (χ1) is 26.4. The van der Waals surface area contributed by atoms with Gasteiger partial charge in [-0.3, -0.25) is 9.59 Å². The average Bonchev–Trinajstić information content (AvgIpc) is 4.00. The number of fused-ring (bicyclic) bond motifs is 1. The van der Waals surface area contributed by atoms with Crippen LogP contribution in [0.5, 0.6) is 0 Å². The number of aliphatic imine (C=N–C) groups is 1. The van der Waals surface area contributed by atoms with Gasteiger partial charge < -0.3 is 34.7 Å². The Morgan fingerprint density at radius 1 is 0.932 bits per heavy atom. The lowest BCUT2D eigenvalue weighted by Gasteiger charge is -2.37. The second kappa shape index (κ2) is 22.4. The minimum atomic E-state index is -0.714. The average molecular weight is 887 g/mol. The molecule has 2 aliphatic heterocycles. The molecule has 322 valence electrons. The van der Waals surface area contributed by atoms with Crippen molar-refractivity contribution >= 4 is 89.3 Å². The summed E-state index contributed by atoms with van der Waals surface area (Å²) in [6.07, 6.45) is 5.60. The Bertz CT molecular complexity index is 2110. The monoisotopic (exact) mass is 886 g/mol. The number of aromatic nitrogens is 4. The van der Waals surface area contributed by atoms with E-state index in [1.807, 2.05) is 86.9 Å². The fraction of sp³-hybridized carbons (Fsp3) is 0.463. The number of ether oxygens (including phenoxy) is 1. The van der Waals surface area contributed by atoms with Crippen LogP contribution in [0.25, 0.3) is 22.3 Å². The van der Waals surface area contributed by atoms with E-state index in [0.717, 1.165) is 64.9 Å². The number of carbonyl (C=O) groups excluding carboxylic acids is 3. The quantitative estimate of drug-likeness (QED) is 0.0518. The van der Waals surface area contributed by atoms with E-state index in [2.05, 4.69) is 42.0 Å². The molecule has 0 bridgehead atoms. The minimum Gasteiger partial charge on any atom is -0.453 e. The first-order valence-corrected chi connectivity index (χ1v) is 18.8. The smallest absolute Gasteiger partial charge is 0.407 e. The van der Waals surface area contributed by atoms with Gasteiger partial charge in [-0.15, -0.1) is 0 Å². The van der Waals surface area contributed by atoms with Crippen molar-refractivity contribution in [1.82, 2.24) is 35.1 Å². The van der Waals surface area contributed by atoms with E-state index in [9.17, 15) is 14.4 Å². The minimum absolute atomic E-state index is 0. The molecule has 3 amide bonds. The summed E-state index contributed by atoms with van der Waals surface area (Å²) in [5.41, 5.74) is 4.45. The highest BCUT2D eigenvalue weighted by Crippen LogP contribution is 2.39. The lowest BCUT2D eigenvalue weighted by Crippen LogP contribution is -2.55. The highest BCUT2D eigenvalue weighted by atomic mass is 32.1. The van der Waals surface area contributed by atoms with Gasteiger partial charge in [0, 0.05) is 24.2 Å². The molecule has 3 N–H and O–H groups in total. The molecule has 2 aromatic heterocycles. The predicted octanol–water partition coefficient (Wildman–Crippen LogP) is 6.32. The second-order valence-electron chi connectivity index (χ2n) is 14.9. The van der Waals surface area contributed by atoms with E-state index >= 15 is 0 Å². The van der Waals surface area contributed by atoms with E-state index in [1.165, 1.54) is 20.6 Å². The molecule has 2 saturated heterocycles. The van der Waals surface area contributed by atoms with Crippen molar-refractivity contribution in [2.75, 3.05) is 27.3 Å². The maximum atomic E-state index is 13.7. The SMILES string of the molecule is COOC=N[C@H](C(=O)N1CCC[C@H]1c1ncc(-c2ccc(C#Cc3ccc4nc([C@]5(C)CCCN5C(=O)[C@@H](NC(=O)OC)C(C)C)[nH]c4c3)cc2)[nH]1)C(C)C.S.S.S.S. The van der Waals surface area contributed by atoms with Crippen LogP contribution in [-0.4, -0.2) is 93.4 Å². The fourth-order valence-electron chi connectivity index (χ4n) is 7.44. The number of nitrogens with zero attached hydrogens (tertiary/aromatic N) is 5. The van der Waals surface area contributed by atoms with Crippen molar-refractivity contribution < 1.29 is 28.9 Å². The van der Waals surface area contributed by atoms with Crippen LogP contribution >= 0.6 is 54.0 Å². The number of imidazole rings is 2. The number of H-pyrrole nitrogens is 2. The zero-order valence-corrected chi connectivity index (χ0v) is 38.5. The Morgan fingerprint density at radius 2 is 1.63 bits per heavy atom. The van der Waals surface area contributed by atoms with Gasteiger partial charge >= 0.3 is 6.09 Å². The molecule has 2 fully saturated rings. The molecule has 2 aliphatic rings. The molecule has 4 heterocycles. The molecule has 0 saturated carbocycles. The number of amides is 3. The molecule has 18 heteroatoms. The van der Waals surface area contributed by atoms with Crippen LogP contribution in [0.2, 0.25) is 0 Å². The van der Waals surface area contributed by atoms with Crippen LogP contribution in [0.1, 0.15) is 89.1 Å². The van der Waals surface area contributed by atoms with Crippen molar-refractivity contribution in [2.45, 2.75) is 84.0 Å². The number of rotatable bonds is 11. The summed E-state index contributed by atoms with van der Waals surface area (Å²) in [4.78, 5) is 73.1. The summed E-state index contributed by atoms with van der Waals surface area (Å²) in [6, 6.07) is 12.3. The number of hydrogen-bond donors (Lipinski definition) is 3. The lowest BCUT2D eigenvalue weighted by atomic mass is 9.95. The lowest BCUT2D eigenvalue weighted by molar-refractivity contribution is -0.188. The van der Waals surface area contributed by atoms with Crippen LogP contribution in [0.4, 0.5) is 4.79 Å². The summed E-state index contributed by atoms with van der Waals surface area (Å²) in [7, 11) is 2.68. The summed E-state index contributed by atoms with van der Waals surface area (Å²) >= 11 is 0. The first-order valence-electron chi connectivity index (χ1n) is 18.8. The van der Waals surface area contributed by atoms with Gasteiger partial charge in [0.15, 0.2) is 0 Å². The predicted molar refractivity (Wildman–Crippen MR) is 249 cm³/mol. The first kappa shape index (κ1) is 50.9. The molecule has 14 nitrogen and oxygen atoms in total. The molecule has 4 aromatic rings. The molecule has 59 heavy (non-hydrogen) atoms. The zero-order valence-electron chi connectivity index (χ0n) is 34.5. The maximum Gasteiger partial charge on any atom is 0.407 e. The third-order valence-corrected chi connectivity index (χ3v) is 10.5. The molecule has 0 aliphatic carbocycles. The van der Waals surface area contributed by atoms with Crippen molar-refractivity contribution in [3.63, 3.8) is 0 Å². The van der Waals surface area contributed by atoms with Crippen molar-refractivity contribution in [2.24, 2.45) is 16.8 Å². The van der Waals surface area contributed by atoms with Gasteiger partial charge in [-0.1, -0.05) is 51.7 Å². The van der Waals surface area contributed by atoms with Crippen molar-refractivity contribution in [3.8, 4) is 23.1 Å². The second-order valence-corrected chi connectivity index (χ2v) is 14.9. The van der Waals surface area contributed by atoms with E-state index in [0.29, 0.717) is 18.9 Å². The van der Waals surface area contributed by atoms with Gasteiger partial charge in [0.25, 0.3) is 0 Å². The Balaban J connectivity index is 0.00000300. The van der Waals surface area contributed by atoms with Gasteiger partial charge in [-0.25, -0.2) is 19.8 Å².